The van der Waals surface area contributed by atoms with E-state index in [0.29, 0.717) is 23.4 Å². The maximum atomic E-state index is 13.2. The topological polar surface area (TPSA) is 84.3 Å². The molecule has 1 amide bonds. The Bertz CT molecular complexity index is 1500. The van der Waals surface area contributed by atoms with Crippen LogP contribution in [0, 0.1) is 0 Å². The molecule has 34 heavy (non-hydrogen) atoms. The lowest BCUT2D eigenvalue weighted by Gasteiger charge is -2.18. The van der Waals surface area contributed by atoms with Crippen molar-refractivity contribution in [3.63, 3.8) is 0 Å². The smallest absolute Gasteiger partial charge is 0.265 e. The molecule has 1 aliphatic heterocycles. The van der Waals surface area contributed by atoms with E-state index in [4.69, 9.17) is 5.10 Å². The van der Waals surface area contributed by atoms with Crippen LogP contribution in [0.25, 0.3) is 10.8 Å². The van der Waals surface area contributed by atoms with Crippen LogP contribution < -0.4 is 9.62 Å². The third kappa shape index (κ3) is 3.84. The molecule has 1 aliphatic rings. The molecule has 1 aromatic heterocycles. The third-order valence-corrected chi connectivity index (χ3v) is 7.76. The second-order valence-corrected chi connectivity index (χ2v) is 11.3. The fourth-order valence-electron chi connectivity index (χ4n) is 4.20. The number of rotatable bonds is 5. The number of nitrogens with zero attached hydrogens (tertiary/aromatic N) is 3. The number of anilines is 2. The molecule has 0 aliphatic carbocycles. The molecule has 0 atom stereocenters. The van der Waals surface area contributed by atoms with Crippen molar-refractivity contribution in [2.75, 3.05) is 16.2 Å². The standard InChI is InChI=1S/C26H26N4O3S/c1-26(2,3)22-15-23(29(28-22)16-18-9-5-4-6-10-18)27-24(31)17-30-20-13-7-11-19-12-8-14-21(25(19)20)34(30,32)33/h4-15H,16-17H2,1-3H3,(H,27,31). The fourth-order valence-corrected chi connectivity index (χ4v) is 5.87. The summed E-state index contributed by atoms with van der Waals surface area (Å²) >= 11 is 0. The number of benzene rings is 3. The first kappa shape index (κ1) is 22.2. The van der Waals surface area contributed by atoms with Crippen molar-refractivity contribution in [2.24, 2.45) is 0 Å². The van der Waals surface area contributed by atoms with Crippen molar-refractivity contribution in [3.8, 4) is 0 Å². The van der Waals surface area contributed by atoms with Gasteiger partial charge < -0.3 is 5.32 Å². The average Bonchev–Trinajstić information content (AvgIpc) is 3.28. The molecule has 4 aromatic rings. The average molecular weight is 475 g/mol. The molecule has 0 bridgehead atoms. The number of hydrogen-bond acceptors (Lipinski definition) is 4. The maximum absolute atomic E-state index is 13.2. The van der Waals surface area contributed by atoms with E-state index in [-0.39, 0.29) is 16.9 Å². The molecule has 0 unspecified atom stereocenters. The van der Waals surface area contributed by atoms with E-state index in [2.05, 4.69) is 26.1 Å². The second-order valence-electron chi connectivity index (χ2n) is 9.50. The van der Waals surface area contributed by atoms with Crippen LogP contribution >= 0.6 is 0 Å². The first-order valence-corrected chi connectivity index (χ1v) is 12.6. The van der Waals surface area contributed by atoms with Gasteiger partial charge in [-0.2, -0.15) is 5.10 Å². The number of aromatic nitrogens is 2. The van der Waals surface area contributed by atoms with Gasteiger partial charge in [0.1, 0.15) is 12.4 Å². The highest BCUT2D eigenvalue weighted by molar-refractivity contribution is 7.93. The van der Waals surface area contributed by atoms with Gasteiger partial charge in [0.2, 0.25) is 5.91 Å². The summed E-state index contributed by atoms with van der Waals surface area (Å²) in [5.74, 6) is 0.106. The largest absolute Gasteiger partial charge is 0.309 e. The van der Waals surface area contributed by atoms with E-state index in [1.54, 1.807) is 28.9 Å². The van der Waals surface area contributed by atoms with Gasteiger partial charge in [0.05, 0.1) is 22.8 Å². The fraction of sp³-hybridized carbons (Fsp3) is 0.231. The van der Waals surface area contributed by atoms with Crippen LogP contribution in [0.4, 0.5) is 11.5 Å². The van der Waals surface area contributed by atoms with Gasteiger partial charge in [-0.05, 0) is 23.1 Å². The van der Waals surface area contributed by atoms with Gasteiger partial charge in [0.25, 0.3) is 10.0 Å². The van der Waals surface area contributed by atoms with Crippen LogP contribution in [0.2, 0.25) is 0 Å². The van der Waals surface area contributed by atoms with E-state index in [1.807, 2.05) is 48.5 Å². The van der Waals surface area contributed by atoms with Gasteiger partial charge in [0, 0.05) is 16.9 Å². The molecule has 1 N–H and O–H groups in total. The Hall–Kier alpha value is -3.65. The number of nitrogens with one attached hydrogen (secondary N) is 1. The summed E-state index contributed by atoms with van der Waals surface area (Å²) in [5.41, 5.74) is 2.20. The second kappa shape index (κ2) is 7.99. The molecule has 2 heterocycles. The minimum Gasteiger partial charge on any atom is -0.309 e. The van der Waals surface area contributed by atoms with Gasteiger partial charge in [-0.3, -0.25) is 9.10 Å². The zero-order chi connectivity index (χ0) is 24.1. The van der Waals surface area contributed by atoms with Gasteiger partial charge in [0.15, 0.2) is 0 Å². The van der Waals surface area contributed by atoms with Crippen LogP contribution in [0.3, 0.4) is 0 Å². The summed E-state index contributed by atoms with van der Waals surface area (Å²) in [6.07, 6.45) is 0. The molecular weight excluding hydrogens is 448 g/mol. The molecule has 174 valence electrons. The van der Waals surface area contributed by atoms with Crippen molar-refractivity contribution in [1.82, 2.24) is 9.78 Å². The summed E-state index contributed by atoms with van der Waals surface area (Å²) in [6, 6.07) is 22.3. The number of carbonyl (C=O) groups excluding carboxylic acids is 1. The summed E-state index contributed by atoms with van der Waals surface area (Å²) in [6.45, 7) is 6.34. The van der Waals surface area contributed by atoms with Crippen molar-refractivity contribution >= 4 is 38.2 Å². The van der Waals surface area contributed by atoms with Gasteiger partial charge in [-0.15, -0.1) is 0 Å². The van der Waals surface area contributed by atoms with Gasteiger partial charge >= 0.3 is 0 Å². The SMILES string of the molecule is CC(C)(C)c1cc(NC(=O)CN2c3cccc4cccc(c34)S2(=O)=O)n(Cc2ccccc2)n1. The lowest BCUT2D eigenvalue weighted by Crippen LogP contribution is -2.36. The van der Waals surface area contributed by atoms with E-state index in [1.165, 1.54) is 4.31 Å². The Balaban J connectivity index is 1.44. The predicted octanol–water partition coefficient (Wildman–Crippen LogP) is 4.53. The molecular formula is C26H26N4O3S. The Morgan fingerprint density at radius 2 is 1.68 bits per heavy atom. The number of hydrogen-bond donors (Lipinski definition) is 1. The van der Waals surface area contributed by atoms with Crippen LogP contribution in [0.1, 0.15) is 32.0 Å². The van der Waals surface area contributed by atoms with E-state index >= 15 is 0 Å². The number of amides is 1. The number of sulfonamides is 1. The van der Waals surface area contributed by atoms with Crippen molar-refractivity contribution in [2.45, 2.75) is 37.6 Å². The Kier molecular flexibility index (Phi) is 5.20. The minimum atomic E-state index is -3.81. The number of carbonyl (C=O) groups is 1. The minimum absolute atomic E-state index is 0.211. The lowest BCUT2D eigenvalue weighted by atomic mass is 9.92. The monoisotopic (exact) mass is 474 g/mol. The Morgan fingerprint density at radius 3 is 2.38 bits per heavy atom. The van der Waals surface area contributed by atoms with Crippen LogP contribution in [-0.4, -0.2) is 30.7 Å². The highest BCUT2D eigenvalue weighted by atomic mass is 32.2. The van der Waals surface area contributed by atoms with Crippen molar-refractivity contribution in [1.29, 1.82) is 0 Å². The maximum Gasteiger partial charge on any atom is 0.265 e. The molecule has 0 radical (unpaired) electrons. The molecule has 0 fully saturated rings. The highest BCUT2D eigenvalue weighted by Gasteiger charge is 2.36. The molecule has 7 nitrogen and oxygen atoms in total. The van der Waals surface area contributed by atoms with Crippen LogP contribution in [-0.2, 0) is 26.8 Å². The summed E-state index contributed by atoms with van der Waals surface area (Å²) in [7, 11) is -3.81. The summed E-state index contributed by atoms with van der Waals surface area (Å²) < 4.78 is 29.4. The Morgan fingerprint density at radius 1 is 0.971 bits per heavy atom. The molecule has 3 aromatic carbocycles. The molecule has 0 saturated carbocycles. The summed E-state index contributed by atoms with van der Waals surface area (Å²) in [4.78, 5) is 13.4. The molecule has 8 heteroatoms. The highest BCUT2D eigenvalue weighted by Crippen LogP contribution is 2.41. The van der Waals surface area contributed by atoms with E-state index < -0.39 is 15.9 Å². The quantitative estimate of drug-likeness (QED) is 0.461. The first-order valence-electron chi connectivity index (χ1n) is 11.1. The lowest BCUT2D eigenvalue weighted by molar-refractivity contribution is -0.114. The molecule has 0 spiro atoms. The van der Waals surface area contributed by atoms with E-state index in [0.717, 1.165) is 16.6 Å². The van der Waals surface area contributed by atoms with Crippen LogP contribution in [0.15, 0.2) is 77.7 Å². The van der Waals surface area contributed by atoms with Crippen molar-refractivity contribution in [3.05, 3.63) is 84.1 Å². The Labute approximate surface area is 199 Å². The van der Waals surface area contributed by atoms with Gasteiger partial charge in [-0.1, -0.05) is 75.4 Å². The predicted molar refractivity (Wildman–Crippen MR) is 134 cm³/mol. The molecule has 5 rings (SSSR count). The molecule has 0 saturated heterocycles. The summed E-state index contributed by atoms with van der Waals surface area (Å²) in [5, 5.41) is 9.11. The first-order chi connectivity index (χ1) is 16.1. The normalized spacial score (nSPS) is 14.5. The van der Waals surface area contributed by atoms with E-state index in [9.17, 15) is 13.2 Å². The zero-order valence-corrected chi connectivity index (χ0v) is 20.1. The third-order valence-electron chi connectivity index (χ3n) is 5.96. The van der Waals surface area contributed by atoms with Crippen LogP contribution in [0.5, 0.6) is 0 Å². The zero-order valence-electron chi connectivity index (χ0n) is 19.3. The van der Waals surface area contributed by atoms with Crippen molar-refractivity contribution < 1.29 is 13.2 Å². The van der Waals surface area contributed by atoms with Gasteiger partial charge in [-0.25, -0.2) is 13.1 Å².